The largest absolute Gasteiger partial charge is 0.493 e. The number of furan rings is 1. The Morgan fingerprint density at radius 3 is 2.61 bits per heavy atom. The van der Waals surface area contributed by atoms with E-state index in [4.69, 9.17) is 13.6 Å². The van der Waals surface area contributed by atoms with Crippen molar-refractivity contribution in [3.63, 3.8) is 0 Å². The molecule has 0 aliphatic carbocycles. The van der Waals surface area contributed by atoms with Gasteiger partial charge in [0.2, 0.25) is 5.91 Å². The first-order valence-corrected chi connectivity index (χ1v) is 11.0. The Kier molecular flexibility index (Phi) is 5.47. The number of sulfone groups is 1. The normalized spacial score (nSPS) is 11.5. The number of aromatic nitrogens is 2. The van der Waals surface area contributed by atoms with Crippen molar-refractivity contribution in [3.05, 3.63) is 54.1 Å². The summed E-state index contributed by atoms with van der Waals surface area (Å²) in [5.41, 5.74) is 1.48. The van der Waals surface area contributed by atoms with Gasteiger partial charge in [-0.1, -0.05) is 34.9 Å². The van der Waals surface area contributed by atoms with Crippen molar-refractivity contribution >= 4 is 32.7 Å². The van der Waals surface area contributed by atoms with E-state index in [1.54, 1.807) is 24.3 Å². The van der Waals surface area contributed by atoms with E-state index >= 15 is 0 Å². The fourth-order valence-corrected chi connectivity index (χ4v) is 4.19. The number of rotatable bonds is 7. The Morgan fingerprint density at radius 2 is 1.87 bits per heavy atom. The first-order chi connectivity index (χ1) is 14.9. The molecule has 0 spiro atoms. The number of carbonyl (C=O) groups excluding carboxylic acids is 1. The number of fused-ring (bicyclic) bond motifs is 1. The summed E-state index contributed by atoms with van der Waals surface area (Å²) >= 11 is 0. The van der Waals surface area contributed by atoms with Gasteiger partial charge >= 0.3 is 6.01 Å². The Bertz CT molecular complexity index is 1340. The van der Waals surface area contributed by atoms with E-state index in [1.165, 1.54) is 19.2 Å². The lowest BCUT2D eigenvalue weighted by Crippen LogP contribution is -2.17. The van der Waals surface area contributed by atoms with Crippen LogP contribution in [0.5, 0.6) is 5.75 Å². The van der Waals surface area contributed by atoms with Crippen LogP contribution in [0.15, 0.2) is 62.3 Å². The number of anilines is 1. The number of nitrogens with zero attached hydrogens (tertiary/aromatic N) is 2. The molecule has 0 aliphatic rings. The van der Waals surface area contributed by atoms with Crippen molar-refractivity contribution in [2.24, 2.45) is 0 Å². The zero-order valence-electron chi connectivity index (χ0n) is 16.8. The van der Waals surface area contributed by atoms with Gasteiger partial charge in [-0.25, -0.2) is 8.42 Å². The summed E-state index contributed by atoms with van der Waals surface area (Å²) in [4.78, 5) is 12.3. The van der Waals surface area contributed by atoms with Gasteiger partial charge in [0.05, 0.1) is 17.8 Å². The van der Waals surface area contributed by atoms with Crippen molar-refractivity contribution < 1.29 is 26.8 Å². The van der Waals surface area contributed by atoms with Gasteiger partial charge in [-0.2, -0.15) is 0 Å². The molecular formula is C21H19N3O6S. The zero-order chi connectivity index (χ0) is 22.0. The quantitative estimate of drug-likeness (QED) is 0.461. The minimum absolute atomic E-state index is 0.0702. The summed E-state index contributed by atoms with van der Waals surface area (Å²) in [6, 6.07) is 13.5. The molecule has 0 aliphatic heterocycles. The molecule has 2 heterocycles. The number of nitrogens with one attached hydrogen (secondary N) is 1. The van der Waals surface area contributed by atoms with Crippen LogP contribution in [0.3, 0.4) is 0 Å². The number of carbonyl (C=O) groups is 1. The maximum Gasteiger partial charge on any atom is 0.322 e. The van der Waals surface area contributed by atoms with E-state index in [-0.39, 0.29) is 29.0 Å². The summed E-state index contributed by atoms with van der Waals surface area (Å²) in [6.45, 7) is 1.87. The summed E-state index contributed by atoms with van der Waals surface area (Å²) in [5, 5.41) is 10.8. The molecule has 4 rings (SSSR count). The number of hydrogen-bond donors (Lipinski definition) is 1. The molecule has 10 heteroatoms. The molecule has 31 heavy (non-hydrogen) atoms. The summed E-state index contributed by atoms with van der Waals surface area (Å²) in [6.07, 6.45) is -0.254. The van der Waals surface area contributed by atoms with E-state index in [0.29, 0.717) is 17.1 Å². The van der Waals surface area contributed by atoms with Crippen molar-refractivity contribution in [3.8, 4) is 17.4 Å². The summed E-state index contributed by atoms with van der Waals surface area (Å²) in [5.74, 6) is 0.0470. The van der Waals surface area contributed by atoms with Crippen molar-refractivity contribution in [1.29, 1.82) is 0 Å². The van der Waals surface area contributed by atoms with Gasteiger partial charge in [0, 0.05) is 11.8 Å². The monoisotopic (exact) mass is 441 g/mol. The van der Waals surface area contributed by atoms with Gasteiger partial charge < -0.3 is 13.6 Å². The Labute approximate surface area is 177 Å². The lowest BCUT2D eigenvalue weighted by Gasteiger charge is -2.04. The van der Waals surface area contributed by atoms with Crippen LogP contribution in [-0.4, -0.2) is 37.4 Å². The molecule has 0 unspecified atom stereocenters. The highest BCUT2D eigenvalue weighted by atomic mass is 32.2. The zero-order valence-corrected chi connectivity index (χ0v) is 17.6. The van der Waals surface area contributed by atoms with Gasteiger partial charge in [-0.15, -0.1) is 5.10 Å². The molecule has 0 saturated carbocycles. The average molecular weight is 441 g/mol. The van der Waals surface area contributed by atoms with E-state index in [2.05, 4.69) is 15.5 Å². The van der Waals surface area contributed by atoms with Gasteiger partial charge in [0.1, 0.15) is 0 Å². The highest BCUT2D eigenvalue weighted by molar-refractivity contribution is 7.91. The van der Waals surface area contributed by atoms with Crippen LogP contribution in [0.2, 0.25) is 0 Å². The Hall–Kier alpha value is -3.66. The second kappa shape index (κ2) is 8.23. The smallest absolute Gasteiger partial charge is 0.322 e. The number of aryl methyl sites for hydroxylation is 1. The predicted octanol–water partition coefficient (Wildman–Crippen LogP) is 3.60. The lowest BCUT2D eigenvalue weighted by molar-refractivity contribution is -0.115. The molecule has 0 fully saturated rings. The van der Waals surface area contributed by atoms with E-state index in [9.17, 15) is 13.2 Å². The molecule has 160 valence electrons. The molecule has 2 aromatic heterocycles. The molecule has 1 N–H and O–H groups in total. The standard InChI is InChI=1S/C21H19N3O6S/c1-13-6-8-15(9-7-13)31(26,27)11-10-18(25)22-21-24-23-20(30-21)17-12-14-4-3-5-16(28-2)19(14)29-17/h3-9,12H,10-11H2,1-2H3,(H,22,24,25). The van der Waals surface area contributed by atoms with Crippen LogP contribution in [-0.2, 0) is 14.6 Å². The molecular weight excluding hydrogens is 422 g/mol. The van der Waals surface area contributed by atoms with E-state index in [0.717, 1.165) is 10.9 Å². The number of amides is 1. The van der Waals surface area contributed by atoms with Crippen LogP contribution in [0.4, 0.5) is 6.01 Å². The van der Waals surface area contributed by atoms with Crippen LogP contribution in [0.1, 0.15) is 12.0 Å². The first-order valence-electron chi connectivity index (χ1n) is 9.35. The number of para-hydroxylation sites is 1. The predicted molar refractivity (Wildman–Crippen MR) is 113 cm³/mol. The van der Waals surface area contributed by atoms with Gasteiger partial charge in [0.25, 0.3) is 5.89 Å². The van der Waals surface area contributed by atoms with Crippen LogP contribution >= 0.6 is 0 Å². The maximum absolute atomic E-state index is 12.4. The Morgan fingerprint density at radius 1 is 1.10 bits per heavy atom. The third kappa shape index (κ3) is 4.43. The maximum atomic E-state index is 12.4. The van der Waals surface area contributed by atoms with Gasteiger partial charge in [-0.05, 0) is 31.2 Å². The molecule has 2 aromatic carbocycles. The second-order valence-electron chi connectivity index (χ2n) is 6.83. The van der Waals surface area contributed by atoms with E-state index in [1.807, 2.05) is 19.1 Å². The average Bonchev–Trinajstić information content (AvgIpc) is 3.39. The number of ether oxygens (including phenoxy) is 1. The minimum Gasteiger partial charge on any atom is -0.493 e. The second-order valence-corrected chi connectivity index (χ2v) is 8.94. The molecule has 1 amide bonds. The van der Waals surface area contributed by atoms with Crippen LogP contribution in [0, 0.1) is 6.92 Å². The highest BCUT2D eigenvalue weighted by Crippen LogP contribution is 2.33. The summed E-state index contributed by atoms with van der Waals surface area (Å²) in [7, 11) is -2.04. The third-order valence-corrected chi connectivity index (χ3v) is 6.32. The highest BCUT2D eigenvalue weighted by Gasteiger charge is 2.19. The number of benzene rings is 2. The first kappa shape index (κ1) is 20.6. The fourth-order valence-electron chi connectivity index (χ4n) is 2.95. The molecule has 0 bridgehead atoms. The van der Waals surface area contributed by atoms with E-state index < -0.39 is 15.7 Å². The topological polar surface area (TPSA) is 125 Å². The van der Waals surface area contributed by atoms with Crippen molar-refractivity contribution in [2.75, 3.05) is 18.2 Å². The summed E-state index contributed by atoms with van der Waals surface area (Å²) < 4.78 is 41.2. The minimum atomic E-state index is -3.58. The Balaban J connectivity index is 1.42. The molecule has 0 atom stereocenters. The SMILES string of the molecule is COc1cccc2cc(-c3nnc(NC(=O)CCS(=O)(=O)c4ccc(C)cc4)o3)oc12. The molecule has 0 saturated heterocycles. The third-order valence-electron chi connectivity index (χ3n) is 4.59. The molecule has 9 nitrogen and oxygen atoms in total. The van der Waals surface area contributed by atoms with Gasteiger partial charge in [0.15, 0.2) is 26.9 Å². The van der Waals surface area contributed by atoms with Crippen molar-refractivity contribution in [2.45, 2.75) is 18.2 Å². The number of hydrogen-bond acceptors (Lipinski definition) is 8. The molecule has 0 radical (unpaired) electrons. The number of methoxy groups -OCH3 is 1. The molecule has 4 aromatic rings. The van der Waals surface area contributed by atoms with Gasteiger partial charge in [-0.3, -0.25) is 10.1 Å². The lowest BCUT2D eigenvalue weighted by atomic mass is 10.2. The van der Waals surface area contributed by atoms with Crippen LogP contribution in [0.25, 0.3) is 22.6 Å². The van der Waals surface area contributed by atoms with Crippen LogP contribution < -0.4 is 10.1 Å². The fraction of sp³-hybridized carbons (Fsp3) is 0.190. The van der Waals surface area contributed by atoms with Crippen molar-refractivity contribution in [1.82, 2.24) is 10.2 Å².